The second-order valence-corrected chi connectivity index (χ2v) is 5.27. The van der Waals surface area contributed by atoms with Crippen molar-refractivity contribution in [1.29, 1.82) is 0 Å². The Morgan fingerprint density at radius 1 is 1.42 bits per heavy atom. The quantitative estimate of drug-likeness (QED) is 0.820. The van der Waals surface area contributed by atoms with Gasteiger partial charge in [0.2, 0.25) is 5.91 Å². The Morgan fingerprint density at radius 3 is 2.74 bits per heavy atom. The lowest BCUT2D eigenvalue weighted by atomic mass is 9.82. The molecule has 0 aromatic carbocycles. The van der Waals surface area contributed by atoms with Gasteiger partial charge in [-0.05, 0) is 38.0 Å². The molecule has 0 radical (unpaired) electrons. The maximum atomic E-state index is 11.9. The molecule has 1 aromatic heterocycles. The van der Waals surface area contributed by atoms with Gasteiger partial charge in [0.05, 0.1) is 12.1 Å². The number of aliphatic hydroxyl groups excluding tert-OH is 1. The number of hydrogen-bond acceptors (Lipinski definition) is 3. The second-order valence-electron chi connectivity index (χ2n) is 5.27. The van der Waals surface area contributed by atoms with E-state index in [0.29, 0.717) is 5.76 Å². The van der Waals surface area contributed by atoms with Crippen molar-refractivity contribution in [3.8, 4) is 0 Å². The fraction of sp³-hybridized carbons (Fsp3) is 0.533. The highest BCUT2D eigenvalue weighted by molar-refractivity contribution is 5.91. The number of carbonyl (C=O) groups is 1. The summed E-state index contributed by atoms with van der Waals surface area (Å²) >= 11 is 0. The number of nitrogens with one attached hydrogen (secondary N) is 1. The Morgan fingerprint density at radius 2 is 2.16 bits per heavy atom. The molecule has 0 bridgehead atoms. The van der Waals surface area contributed by atoms with Crippen LogP contribution in [-0.2, 0) is 4.79 Å². The Labute approximate surface area is 113 Å². The maximum absolute atomic E-state index is 11.9. The van der Waals surface area contributed by atoms with E-state index >= 15 is 0 Å². The molecule has 1 amide bonds. The van der Waals surface area contributed by atoms with Crippen molar-refractivity contribution in [2.24, 2.45) is 0 Å². The average molecular weight is 263 g/mol. The molecule has 19 heavy (non-hydrogen) atoms. The fourth-order valence-corrected chi connectivity index (χ4v) is 2.56. The summed E-state index contributed by atoms with van der Waals surface area (Å²) in [6.07, 6.45) is 8.11. The maximum Gasteiger partial charge on any atom is 0.244 e. The third-order valence-electron chi connectivity index (χ3n) is 3.66. The van der Waals surface area contributed by atoms with E-state index < -0.39 is 5.54 Å². The molecule has 1 fully saturated rings. The first-order valence-electron chi connectivity index (χ1n) is 6.81. The summed E-state index contributed by atoms with van der Waals surface area (Å²) in [7, 11) is 0. The molecule has 1 aliphatic rings. The van der Waals surface area contributed by atoms with Gasteiger partial charge in [-0.15, -0.1) is 0 Å². The van der Waals surface area contributed by atoms with Gasteiger partial charge in [0.1, 0.15) is 11.5 Å². The molecule has 2 rings (SSSR count). The van der Waals surface area contributed by atoms with Crippen LogP contribution < -0.4 is 5.32 Å². The first-order valence-corrected chi connectivity index (χ1v) is 6.81. The van der Waals surface area contributed by atoms with Gasteiger partial charge < -0.3 is 14.8 Å². The lowest BCUT2D eigenvalue weighted by Gasteiger charge is -2.36. The van der Waals surface area contributed by atoms with Crippen LogP contribution in [0.2, 0.25) is 0 Å². The van der Waals surface area contributed by atoms with Crippen LogP contribution in [-0.4, -0.2) is 23.2 Å². The van der Waals surface area contributed by atoms with E-state index in [1.807, 2.05) is 19.1 Å². The minimum Gasteiger partial charge on any atom is -0.462 e. The number of hydrogen-bond donors (Lipinski definition) is 2. The molecule has 4 nitrogen and oxygen atoms in total. The van der Waals surface area contributed by atoms with Gasteiger partial charge in [-0.1, -0.05) is 19.3 Å². The molecule has 1 aromatic rings. The summed E-state index contributed by atoms with van der Waals surface area (Å²) < 4.78 is 5.36. The average Bonchev–Trinajstić information content (AvgIpc) is 2.83. The van der Waals surface area contributed by atoms with Gasteiger partial charge in [-0.2, -0.15) is 0 Å². The Balaban J connectivity index is 1.94. The lowest BCUT2D eigenvalue weighted by Crippen LogP contribution is -2.52. The largest absolute Gasteiger partial charge is 0.462 e. The molecule has 104 valence electrons. The Bertz CT molecular complexity index is 456. The molecule has 0 atom stereocenters. The van der Waals surface area contributed by atoms with Crippen molar-refractivity contribution in [1.82, 2.24) is 5.32 Å². The third-order valence-corrected chi connectivity index (χ3v) is 3.66. The van der Waals surface area contributed by atoms with Crippen LogP contribution in [0.1, 0.15) is 43.6 Å². The van der Waals surface area contributed by atoms with E-state index in [2.05, 4.69) is 5.32 Å². The van der Waals surface area contributed by atoms with E-state index in [-0.39, 0.29) is 12.5 Å². The van der Waals surface area contributed by atoms with E-state index in [4.69, 9.17) is 4.42 Å². The van der Waals surface area contributed by atoms with Gasteiger partial charge in [-0.25, -0.2) is 0 Å². The van der Waals surface area contributed by atoms with Crippen LogP contribution in [0.5, 0.6) is 0 Å². The second kappa shape index (κ2) is 6.06. The molecule has 0 spiro atoms. The lowest BCUT2D eigenvalue weighted by molar-refractivity contribution is -0.119. The zero-order chi connectivity index (χ0) is 13.7. The van der Waals surface area contributed by atoms with E-state index in [0.717, 1.165) is 31.4 Å². The molecule has 0 aliphatic heterocycles. The van der Waals surface area contributed by atoms with Crippen LogP contribution in [0.15, 0.2) is 22.6 Å². The number of amides is 1. The molecule has 1 aliphatic carbocycles. The summed E-state index contributed by atoms with van der Waals surface area (Å²) in [4.78, 5) is 11.9. The van der Waals surface area contributed by atoms with E-state index in [1.165, 1.54) is 12.5 Å². The van der Waals surface area contributed by atoms with Crippen molar-refractivity contribution in [3.63, 3.8) is 0 Å². The number of furan rings is 1. The van der Waals surface area contributed by atoms with Gasteiger partial charge in [0, 0.05) is 6.08 Å². The highest BCUT2D eigenvalue weighted by Crippen LogP contribution is 2.27. The molecule has 0 saturated heterocycles. The summed E-state index contributed by atoms with van der Waals surface area (Å²) in [6, 6.07) is 3.68. The van der Waals surface area contributed by atoms with Gasteiger partial charge in [-0.3, -0.25) is 4.79 Å². The smallest absolute Gasteiger partial charge is 0.244 e. The monoisotopic (exact) mass is 263 g/mol. The molecule has 1 heterocycles. The normalized spacial score (nSPS) is 18.6. The van der Waals surface area contributed by atoms with E-state index in [1.54, 1.807) is 6.08 Å². The zero-order valence-corrected chi connectivity index (χ0v) is 11.3. The van der Waals surface area contributed by atoms with Crippen molar-refractivity contribution >= 4 is 12.0 Å². The number of aliphatic hydroxyl groups is 1. The van der Waals surface area contributed by atoms with E-state index in [9.17, 15) is 9.90 Å². The fourth-order valence-electron chi connectivity index (χ4n) is 2.56. The van der Waals surface area contributed by atoms with Crippen LogP contribution in [0.3, 0.4) is 0 Å². The predicted octanol–water partition coefficient (Wildman–Crippen LogP) is 2.41. The van der Waals surface area contributed by atoms with Gasteiger partial charge in [0.15, 0.2) is 0 Å². The summed E-state index contributed by atoms with van der Waals surface area (Å²) in [5.41, 5.74) is -0.432. The van der Waals surface area contributed by atoms with Crippen LogP contribution >= 0.6 is 0 Å². The molecular weight excluding hydrogens is 242 g/mol. The van der Waals surface area contributed by atoms with Crippen molar-refractivity contribution in [2.75, 3.05) is 6.61 Å². The third kappa shape index (κ3) is 3.70. The zero-order valence-electron chi connectivity index (χ0n) is 11.3. The molecule has 2 N–H and O–H groups in total. The molecule has 0 unspecified atom stereocenters. The first kappa shape index (κ1) is 13.9. The van der Waals surface area contributed by atoms with Crippen LogP contribution in [0.4, 0.5) is 0 Å². The van der Waals surface area contributed by atoms with Crippen LogP contribution in [0.25, 0.3) is 6.08 Å². The summed E-state index contributed by atoms with van der Waals surface area (Å²) in [6.45, 7) is 1.87. The minimum atomic E-state index is -0.432. The standard InChI is InChI=1S/C15H21NO3/c1-12-5-6-13(19-12)7-8-14(18)16-15(11-17)9-3-2-4-10-15/h5-8,17H,2-4,9-11H2,1H3,(H,16,18). The SMILES string of the molecule is Cc1ccc(C=CC(=O)NC2(CO)CCCCC2)o1. The van der Waals surface area contributed by atoms with Crippen LogP contribution in [0, 0.1) is 6.92 Å². The highest BCUT2D eigenvalue weighted by Gasteiger charge is 2.32. The number of aryl methyl sites for hydroxylation is 1. The topological polar surface area (TPSA) is 62.5 Å². The van der Waals surface area contributed by atoms with Gasteiger partial charge in [0.25, 0.3) is 0 Å². The Hall–Kier alpha value is -1.55. The molecule has 4 heteroatoms. The minimum absolute atomic E-state index is 0.00639. The van der Waals surface area contributed by atoms with Crippen molar-refractivity contribution < 1.29 is 14.3 Å². The number of rotatable bonds is 4. The Kier molecular flexibility index (Phi) is 4.43. The first-order chi connectivity index (χ1) is 9.13. The predicted molar refractivity (Wildman–Crippen MR) is 73.5 cm³/mol. The van der Waals surface area contributed by atoms with Crippen molar-refractivity contribution in [3.05, 3.63) is 29.7 Å². The highest BCUT2D eigenvalue weighted by atomic mass is 16.3. The van der Waals surface area contributed by atoms with Gasteiger partial charge >= 0.3 is 0 Å². The van der Waals surface area contributed by atoms with Crippen molar-refractivity contribution in [2.45, 2.75) is 44.6 Å². The molecular formula is C15H21NO3. The summed E-state index contributed by atoms with van der Waals surface area (Å²) in [5.74, 6) is 1.30. The molecule has 1 saturated carbocycles. The summed E-state index contributed by atoms with van der Waals surface area (Å²) in [5, 5.41) is 12.5. The number of carbonyl (C=O) groups excluding carboxylic acids is 1.